The van der Waals surface area contributed by atoms with Crippen LogP contribution in [0.1, 0.15) is 44.1 Å². The Labute approximate surface area is 153 Å². The number of imide groups is 1. The number of halogens is 1. The summed E-state index contributed by atoms with van der Waals surface area (Å²) in [4.78, 5) is 37.2. The molecule has 25 heavy (non-hydrogen) atoms. The van der Waals surface area contributed by atoms with E-state index in [1.165, 1.54) is 4.90 Å². The number of carbonyl (C=O) groups excluding carboxylic acids is 3. The summed E-state index contributed by atoms with van der Waals surface area (Å²) in [7, 11) is 0. The Morgan fingerprint density at radius 1 is 1.16 bits per heavy atom. The van der Waals surface area contributed by atoms with Gasteiger partial charge in [-0.3, -0.25) is 19.3 Å². The van der Waals surface area contributed by atoms with Crippen molar-refractivity contribution in [3.63, 3.8) is 0 Å². The van der Waals surface area contributed by atoms with Gasteiger partial charge in [-0.15, -0.1) is 12.4 Å². The summed E-state index contributed by atoms with van der Waals surface area (Å²) in [6, 6.07) is 7.39. The van der Waals surface area contributed by atoms with Gasteiger partial charge < -0.3 is 11.1 Å². The molecule has 2 aliphatic rings. The first-order valence-electron chi connectivity index (χ1n) is 8.51. The van der Waals surface area contributed by atoms with Crippen LogP contribution in [0.3, 0.4) is 0 Å². The summed E-state index contributed by atoms with van der Waals surface area (Å²) in [5.74, 6) is -0.140. The zero-order valence-corrected chi connectivity index (χ0v) is 14.9. The molecule has 1 aliphatic heterocycles. The third-order valence-electron chi connectivity index (χ3n) is 4.94. The van der Waals surface area contributed by atoms with Crippen LogP contribution >= 0.6 is 12.4 Å². The molecule has 1 aliphatic carbocycles. The molecule has 1 saturated carbocycles. The Balaban J connectivity index is 0.00000225. The number of benzene rings is 1. The molecule has 1 aromatic carbocycles. The fraction of sp³-hybridized carbons (Fsp3) is 0.500. The molecule has 3 rings (SSSR count). The second kappa shape index (κ2) is 8.45. The van der Waals surface area contributed by atoms with Gasteiger partial charge in [-0.1, -0.05) is 24.6 Å². The average molecular weight is 366 g/mol. The molecule has 0 unspecified atom stereocenters. The van der Waals surface area contributed by atoms with Crippen molar-refractivity contribution in [1.82, 2.24) is 4.90 Å². The van der Waals surface area contributed by atoms with Gasteiger partial charge in [0.05, 0.1) is 6.54 Å². The second-order valence-electron chi connectivity index (χ2n) is 6.64. The lowest BCUT2D eigenvalue weighted by atomic mass is 10.00. The van der Waals surface area contributed by atoms with Crippen LogP contribution in [0, 0.1) is 5.92 Å². The first kappa shape index (κ1) is 19.4. The standard InChI is InChI=1S/C18H23N3O3.ClH/c19-14-6-3-5-12(14)10-16(22)20-15-7-2-1-4-13(15)11-21-17(23)8-9-18(21)24;/h1-2,4,7,12,14H,3,5-6,8-11,19H2,(H,20,22);1H/t12-,14+;/m0./s1. The number of para-hydroxylation sites is 1. The highest BCUT2D eigenvalue weighted by Gasteiger charge is 2.30. The normalized spacial score (nSPS) is 22.8. The fourth-order valence-electron chi connectivity index (χ4n) is 3.51. The van der Waals surface area contributed by atoms with Crippen LogP contribution in [0.25, 0.3) is 0 Å². The van der Waals surface area contributed by atoms with E-state index in [-0.39, 0.29) is 61.5 Å². The number of hydrogen-bond donors (Lipinski definition) is 2. The third kappa shape index (κ3) is 4.58. The van der Waals surface area contributed by atoms with E-state index in [0.717, 1.165) is 24.8 Å². The van der Waals surface area contributed by atoms with E-state index in [1.54, 1.807) is 6.07 Å². The van der Waals surface area contributed by atoms with Crippen LogP contribution in [-0.2, 0) is 20.9 Å². The summed E-state index contributed by atoms with van der Waals surface area (Å²) in [6.45, 7) is 0.205. The Morgan fingerprint density at radius 3 is 2.48 bits per heavy atom. The summed E-state index contributed by atoms with van der Waals surface area (Å²) in [6.07, 6.45) is 4.01. The van der Waals surface area contributed by atoms with Gasteiger partial charge in [-0.05, 0) is 30.4 Å². The zero-order valence-electron chi connectivity index (χ0n) is 14.1. The van der Waals surface area contributed by atoms with Crippen LogP contribution in [0.4, 0.5) is 5.69 Å². The van der Waals surface area contributed by atoms with Crippen molar-refractivity contribution in [2.24, 2.45) is 11.7 Å². The first-order valence-corrected chi connectivity index (χ1v) is 8.51. The van der Waals surface area contributed by atoms with Gasteiger partial charge in [0.1, 0.15) is 0 Å². The Morgan fingerprint density at radius 2 is 1.84 bits per heavy atom. The lowest BCUT2D eigenvalue weighted by molar-refractivity contribution is -0.139. The summed E-state index contributed by atoms with van der Waals surface area (Å²) in [5.41, 5.74) is 7.45. The maximum Gasteiger partial charge on any atom is 0.229 e. The van der Waals surface area contributed by atoms with Crippen LogP contribution in [0.15, 0.2) is 24.3 Å². The molecule has 2 atom stereocenters. The minimum absolute atomic E-state index is 0. The lowest BCUT2D eigenvalue weighted by Gasteiger charge is -2.18. The predicted molar refractivity (Wildman–Crippen MR) is 97.0 cm³/mol. The van der Waals surface area contributed by atoms with E-state index in [0.29, 0.717) is 12.1 Å². The maximum atomic E-state index is 12.3. The predicted octanol–water partition coefficient (Wildman–Crippen LogP) is 2.21. The summed E-state index contributed by atoms with van der Waals surface area (Å²) in [5, 5.41) is 2.92. The van der Waals surface area contributed by atoms with Crippen molar-refractivity contribution in [2.45, 2.75) is 51.1 Å². The van der Waals surface area contributed by atoms with Crippen molar-refractivity contribution < 1.29 is 14.4 Å². The van der Waals surface area contributed by atoms with Crippen molar-refractivity contribution in [2.75, 3.05) is 5.32 Å². The Bertz CT molecular complexity index is 649. The fourth-order valence-corrected chi connectivity index (χ4v) is 3.51. The van der Waals surface area contributed by atoms with Gasteiger partial charge in [0.25, 0.3) is 0 Å². The molecule has 1 aromatic rings. The van der Waals surface area contributed by atoms with Crippen LogP contribution < -0.4 is 11.1 Å². The molecule has 3 amide bonds. The average Bonchev–Trinajstić information content (AvgIpc) is 3.09. The number of amides is 3. The molecular formula is C18H24ClN3O3. The Hall–Kier alpha value is -1.92. The molecule has 136 valence electrons. The lowest BCUT2D eigenvalue weighted by Crippen LogP contribution is -2.30. The number of likely N-dealkylation sites (tertiary alicyclic amines) is 1. The number of nitrogens with zero attached hydrogens (tertiary/aromatic N) is 1. The number of nitrogens with one attached hydrogen (secondary N) is 1. The number of carbonyl (C=O) groups is 3. The summed E-state index contributed by atoms with van der Waals surface area (Å²) < 4.78 is 0. The number of rotatable bonds is 5. The summed E-state index contributed by atoms with van der Waals surface area (Å²) >= 11 is 0. The molecule has 0 bridgehead atoms. The van der Waals surface area contributed by atoms with Gasteiger partial charge in [0, 0.05) is 31.0 Å². The number of anilines is 1. The van der Waals surface area contributed by atoms with Crippen molar-refractivity contribution in [1.29, 1.82) is 0 Å². The number of nitrogens with two attached hydrogens (primary N) is 1. The molecule has 3 N–H and O–H groups in total. The van der Waals surface area contributed by atoms with E-state index in [1.807, 2.05) is 18.2 Å². The number of hydrogen-bond acceptors (Lipinski definition) is 4. The van der Waals surface area contributed by atoms with Crippen LogP contribution in [0.5, 0.6) is 0 Å². The molecule has 6 nitrogen and oxygen atoms in total. The van der Waals surface area contributed by atoms with Gasteiger partial charge in [0.15, 0.2) is 0 Å². The van der Waals surface area contributed by atoms with Gasteiger partial charge in [-0.2, -0.15) is 0 Å². The van der Waals surface area contributed by atoms with Crippen LogP contribution in [0.2, 0.25) is 0 Å². The Kier molecular flexibility index (Phi) is 6.56. The molecule has 0 spiro atoms. The smallest absolute Gasteiger partial charge is 0.229 e. The van der Waals surface area contributed by atoms with Crippen molar-refractivity contribution in [3.05, 3.63) is 29.8 Å². The molecule has 1 saturated heterocycles. The zero-order chi connectivity index (χ0) is 17.1. The third-order valence-corrected chi connectivity index (χ3v) is 4.94. The van der Waals surface area contributed by atoms with E-state index >= 15 is 0 Å². The van der Waals surface area contributed by atoms with Crippen molar-refractivity contribution in [3.8, 4) is 0 Å². The van der Waals surface area contributed by atoms with Gasteiger partial charge >= 0.3 is 0 Å². The quantitative estimate of drug-likeness (QED) is 0.782. The van der Waals surface area contributed by atoms with E-state index in [9.17, 15) is 14.4 Å². The molecule has 1 heterocycles. The highest BCUT2D eigenvalue weighted by atomic mass is 35.5. The molecular weight excluding hydrogens is 342 g/mol. The minimum atomic E-state index is -0.155. The molecule has 0 aromatic heterocycles. The van der Waals surface area contributed by atoms with Crippen molar-refractivity contribution >= 4 is 35.8 Å². The van der Waals surface area contributed by atoms with Gasteiger partial charge in [0.2, 0.25) is 17.7 Å². The largest absolute Gasteiger partial charge is 0.327 e. The SMILES string of the molecule is Cl.N[C@@H]1CCC[C@H]1CC(=O)Nc1ccccc1CN1C(=O)CCC1=O. The van der Waals surface area contributed by atoms with E-state index < -0.39 is 0 Å². The van der Waals surface area contributed by atoms with Gasteiger partial charge in [-0.25, -0.2) is 0 Å². The highest BCUT2D eigenvalue weighted by Crippen LogP contribution is 2.28. The first-order chi connectivity index (χ1) is 11.5. The van der Waals surface area contributed by atoms with E-state index in [2.05, 4.69) is 5.32 Å². The topological polar surface area (TPSA) is 92.5 Å². The highest BCUT2D eigenvalue weighted by molar-refractivity contribution is 6.02. The van der Waals surface area contributed by atoms with Crippen LogP contribution in [-0.4, -0.2) is 28.7 Å². The molecule has 0 radical (unpaired) electrons. The second-order valence-corrected chi connectivity index (χ2v) is 6.64. The molecule has 2 fully saturated rings. The van der Waals surface area contributed by atoms with E-state index in [4.69, 9.17) is 5.73 Å². The minimum Gasteiger partial charge on any atom is -0.327 e. The maximum absolute atomic E-state index is 12.3. The monoisotopic (exact) mass is 365 g/mol. The molecule has 7 heteroatoms.